The van der Waals surface area contributed by atoms with Crippen LogP contribution >= 0.6 is 0 Å². The molecule has 0 bridgehead atoms. The number of nitrogens with zero attached hydrogens (tertiary/aromatic N) is 4. The minimum atomic E-state index is -0.984. The monoisotopic (exact) mass is 220 g/mol. The lowest BCUT2D eigenvalue weighted by Crippen LogP contribution is -2.14. The van der Waals surface area contributed by atoms with Crippen molar-refractivity contribution < 1.29 is 9.90 Å². The van der Waals surface area contributed by atoms with E-state index in [0.29, 0.717) is 11.3 Å². The van der Waals surface area contributed by atoms with Gasteiger partial charge in [-0.15, -0.1) is 0 Å². The summed E-state index contributed by atoms with van der Waals surface area (Å²) < 4.78 is 1.62. The maximum atomic E-state index is 11.1. The lowest BCUT2D eigenvalue weighted by atomic mass is 10.1. The van der Waals surface area contributed by atoms with E-state index in [1.165, 1.54) is 6.20 Å². The Balaban J connectivity index is 2.84. The fourth-order valence-corrected chi connectivity index (χ4v) is 1.72. The molecule has 0 spiro atoms. The number of aryl methyl sites for hydroxylation is 1. The minimum Gasteiger partial charge on any atom is -0.478 e. The molecule has 0 unspecified atom stereocenters. The molecule has 84 valence electrons. The van der Waals surface area contributed by atoms with Crippen molar-refractivity contribution in [2.75, 3.05) is 19.0 Å². The van der Waals surface area contributed by atoms with Gasteiger partial charge in [-0.3, -0.25) is 4.68 Å². The summed E-state index contributed by atoms with van der Waals surface area (Å²) in [6.07, 6.45) is 2.99. The van der Waals surface area contributed by atoms with Crippen LogP contribution in [0.5, 0.6) is 0 Å². The fourth-order valence-electron chi connectivity index (χ4n) is 1.72. The third-order valence-electron chi connectivity index (χ3n) is 2.41. The van der Waals surface area contributed by atoms with Crippen LogP contribution in [0.3, 0.4) is 0 Å². The van der Waals surface area contributed by atoms with Crippen molar-refractivity contribution >= 4 is 22.7 Å². The zero-order valence-electron chi connectivity index (χ0n) is 9.30. The number of hydrogen-bond donors (Lipinski definition) is 1. The number of carbonyl (C=O) groups is 1. The molecule has 1 N–H and O–H groups in total. The third kappa shape index (κ3) is 1.39. The maximum absolute atomic E-state index is 11.1. The minimum absolute atomic E-state index is 0.186. The Morgan fingerprint density at radius 1 is 1.44 bits per heavy atom. The third-order valence-corrected chi connectivity index (χ3v) is 2.41. The molecule has 0 aromatic carbocycles. The smallest absolute Gasteiger partial charge is 0.339 e. The van der Waals surface area contributed by atoms with Crippen LogP contribution in [0.1, 0.15) is 10.4 Å². The van der Waals surface area contributed by atoms with E-state index in [2.05, 4.69) is 10.1 Å². The molecule has 2 heterocycles. The molecule has 0 aliphatic heterocycles. The van der Waals surface area contributed by atoms with E-state index in [0.717, 1.165) is 5.39 Å². The van der Waals surface area contributed by atoms with Gasteiger partial charge < -0.3 is 10.0 Å². The Hall–Kier alpha value is -2.11. The van der Waals surface area contributed by atoms with Gasteiger partial charge in [-0.2, -0.15) is 5.10 Å². The van der Waals surface area contributed by atoms with Crippen molar-refractivity contribution in [1.82, 2.24) is 14.8 Å². The Kier molecular flexibility index (Phi) is 2.26. The van der Waals surface area contributed by atoms with Gasteiger partial charge in [-0.1, -0.05) is 0 Å². The van der Waals surface area contributed by atoms with E-state index in [1.807, 2.05) is 0 Å². The molecule has 0 fully saturated rings. The molecule has 0 aliphatic rings. The van der Waals surface area contributed by atoms with Crippen molar-refractivity contribution in [3.05, 3.63) is 18.0 Å². The highest BCUT2D eigenvalue weighted by molar-refractivity contribution is 6.03. The molecule has 0 radical (unpaired) electrons. The molecule has 16 heavy (non-hydrogen) atoms. The van der Waals surface area contributed by atoms with Gasteiger partial charge in [0.25, 0.3) is 0 Å². The van der Waals surface area contributed by atoms with Crippen molar-refractivity contribution in [2.24, 2.45) is 7.05 Å². The standard InChI is InChI=1S/C10H12N4O2/c1-13(2)8-6-5-12-14(3)9(6)11-4-7(8)10(15)16/h4-5H,1-3H3,(H,15,16). The summed E-state index contributed by atoms with van der Waals surface area (Å²) in [6, 6.07) is 0. The van der Waals surface area contributed by atoms with E-state index in [-0.39, 0.29) is 5.56 Å². The highest BCUT2D eigenvalue weighted by atomic mass is 16.4. The molecule has 2 aromatic heterocycles. The predicted molar refractivity (Wildman–Crippen MR) is 59.8 cm³/mol. The molecule has 2 rings (SSSR count). The molecular formula is C10H12N4O2. The van der Waals surface area contributed by atoms with Gasteiger partial charge >= 0.3 is 5.97 Å². The summed E-state index contributed by atoms with van der Waals surface area (Å²) >= 11 is 0. The zero-order chi connectivity index (χ0) is 11.9. The fraction of sp³-hybridized carbons (Fsp3) is 0.300. The van der Waals surface area contributed by atoms with Crippen molar-refractivity contribution in [2.45, 2.75) is 0 Å². The largest absolute Gasteiger partial charge is 0.478 e. The van der Waals surface area contributed by atoms with Crippen LogP contribution in [0.2, 0.25) is 0 Å². The van der Waals surface area contributed by atoms with Gasteiger partial charge in [-0.05, 0) is 0 Å². The van der Waals surface area contributed by atoms with Crippen molar-refractivity contribution in [1.29, 1.82) is 0 Å². The second-order valence-corrected chi connectivity index (χ2v) is 3.73. The molecule has 0 aliphatic carbocycles. The first-order valence-corrected chi connectivity index (χ1v) is 4.73. The number of carboxylic acids is 1. The van der Waals surface area contributed by atoms with Crippen LogP contribution in [0.4, 0.5) is 5.69 Å². The zero-order valence-corrected chi connectivity index (χ0v) is 9.30. The Morgan fingerprint density at radius 2 is 2.12 bits per heavy atom. The first kappa shape index (κ1) is 10.4. The summed E-state index contributed by atoms with van der Waals surface area (Å²) in [7, 11) is 5.37. The number of rotatable bonds is 2. The predicted octanol–water partition coefficient (Wildman–Crippen LogP) is 0.732. The molecule has 6 heteroatoms. The number of aromatic nitrogens is 3. The van der Waals surface area contributed by atoms with Crippen molar-refractivity contribution in [3.63, 3.8) is 0 Å². The van der Waals surface area contributed by atoms with E-state index >= 15 is 0 Å². The Morgan fingerprint density at radius 3 is 2.69 bits per heavy atom. The highest BCUT2D eigenvalue weighted by Gasteiger charge is 2.17. The summed E-state index contributed by atoms with van der Waals surface area (Å²) in [5.41, 5.74) is 1.49. The SMILES string of the molecule is CN(C)c1c(C(=O)O)cnc2c1cnn2C. The average Bonchev–Trinajstić information content (AvgIpc) is 2.58. The van der Waals surface area contributed by atoms with Crippen LogP contribution < -0.4 is 4.90 Å². The van der Waals surface area contributed by atoms with Gasteiger partial charge in [0.2, 0.25) is 0 Å². The molecule has 0 saturated carbocycles. The van der Waals surface area contributed by atoms with Crippen LogP contribution in [0, 0.1) is 0 Å². The first-order chi connectivity index (χ1) is 7.52. The van der Waals surface area contributed by atoms with E-state index in [4.69, 9.17) is 5.11 Å². The number of carboxylic acid groups (broad SMARTS) is 1. The molecule has 0 amide bonds. The average molecular weight is 220 g/mol. The van der Waals surface area contributed by atoms with E-state index in [9.17, 15) is 4.79 Å². The summed E-state index contributed by atoms with van der Waals surface area (Å²) in [5, 5.41) is 13.9. The molecule has 2 aromatic rings. The number of aromatic carboxylic acids is 1. The number of hydrogen-bond acceptors (Lipinski definition) is 4. The number of pyridine rings is 1. The number of fused-ring (bicyclic) bond motifs is 1. The second-order valence-electron chi connectivity index (χ2n) is 3.73. The second kappa shape index (κ2) is 3.48. The van der Waals surface area contributed by atoms with Crippen LogP contribution in [-0.4, -0.2) is 39.9 Å². The Bertz CT molecular complexity index is 559. The van der Waals surface area contributed by atoms with Gasteiger partial charge in [0.05, 0.1) is 17.3 Å². The Labute approximate surface area is 92.1 Å². The lowest BCUT2D eigenvalue weighted by Gasteiger charge is -2.15. The summed E-state index contributed by atoms with van der Waals surface area (Å²) in [6.45, 7) is 0. The van der Waals surface area contributed by atoms with Crippen molar-refractivity contribution in [3.8, 4) is 0 Å². The quantitative estimate of drug-likeness (QED) is 0.807. The maximum Gasteiger partial charge on any atom is 0.339 e. The van der Waals surface area contributed by atoms with Crippen LogP contribution in [0.15, 0.2) is 12.4 Å². The molecule has 0 atom stereocenters. The van der Waals surface area contributed by atoms with E-state index in [1.54, 1.807) is 36.9 Å². The number of anilines is 1. The molecule has 0 saturated heterocycles. The highest BCUT2D eigenvalue weighted by Crippen LogP contribution is 2.27. The van der Waals surface area contributed by atoms with Gasteiger partial charge in [0.15, 0.2) is 5.65 Å². The summed E-state index contributed by atoms with van der Waals surface area (Å²) in [5.74, 6) is -0.984. The topological polar surface area (TPSA) is 71.2 Å². The van der Waals surface area contributed by atoms with Crippen LogP contribution in [-0.2, 0) is 7.05 Å². The first-order valence-electron chi connectivity index (χ1n) is 4.73. The molecular weight excluding hydrogens is 208 g/mol. The van der Waals surface area contributed by atoms with Gasteiger partial charge in [0, 0.05) is 27.3 Å². The van der Waals surface area contributed by atoms with E-state index < -0.39 is 5.97 Å². The summed E-state index contributed by atoms with van der Waals surface area (Å²) in [4.78, 5) is 16.9. The normalized spacial score (nSPS) is 10.7. The van der Waals surface area contributed by atoms with Crippen LogP contribution in [0.25, 0.3) is 11.0 Å². The molecule has 6 nitrogen and oxygen atoms in total. The van der Waals surface area contributed by atoms with Gasteiger partial charge in [-0.25, -0.2) is 9.78 Å². The van der Waals surface area contributed by atoms with Gasteiger partial charge in [0.1, 0.15) is 5.56 Å². The lowest BCUT2D eigenvalue weighted by molar-refractivity contribution is 0.0697.